The molecule has 8 nitrogen and oxygen atoms in total. The molecule has 0 unspecified atom stereocenters. The third kappa shape index (κ3) is 4.27. The molecule has 5 rings (SSSR count). The van der Waals surface area contributed by atoms with Gasteiger partial charge in [0, 0.05) is 36.6 Å². The van der Waals surface area contributed by atoms with Gasteiger partial charge in [-0.25, -0.2) is 22.0 Å². The van der Waals surface area contributed by atoms with Crippen molar-refractivity contribution in [3.05, 3.63) is 23.8 Å². The number of cyclic esters (lactones) is 1. The van der Waals surface area contributed by atoms with E-state index in [-0.39, 0.29) is 53.2 Å². The number of halogens is 2. The maximum absolute atomic E-state index is 15.0. The highest BCUT2D eigenvalue weighted by Crippen LogP contribution is 2.44. The number of hydrogen-bond donors (Lipinski definition) is 1. The molecule has 2 amide bonds. The molecule has 3 aliphatic heterocycles. The molecule has 3 heterocycles. The highest BCUT2D eigenvalue weighted by molar-refractivity contribution is 7.92. The van der Waals surface area contributed by atoms with E-state index in [9.17, 15) is 26.8 Å². The van der Waals surface area contributed by atoms with Crippen molar-refractivity contribution in [2.45, 2.75) is 38.2 Å². The molecule has 0 radical (unpaired) electrons. The van der Waals surface area contributed by atoms with E-state index in [0.29, 0.717) is 25.9 Å². The molecule has 0 bridgehead atoms. The van der Waals surface area contributed by atoms with E-state index < -0.39 is 33.7 Å². The van der Waals surface area contributed by atoms with Gasteiger partial charge in [0.25, 0.3) is 0 Å². The average molecular weight is 484 g/mol. The van der Waals surface area contributed by atoms with Gasteiger partial charge in [0.05, 0.1) is 30.3 Å². The van der Waals surface area contributed by atoms with Crippen LogP contribution in [0.1, 0.15) is 32.1 Å². The molecule has 1 spiro atoms. The standard InChI is InChI=1S/C22H27F2N3O5S/c23-17-8-15(27-11-16(32-21(27)29)10-25-20(28)14-2-1-3-14)9-18(24)19(17)26-6-4-22(5-7-26)12-33(30,31)13-22/h8-9,14,16H,1-7,10-13H2,(H,25,28)/t16-/m0/s1. The van der Waals surface area contributed by atoms with Gasteiger partial charge in [-0.15, -0.1) is 0 Å². The number of benzene rings is 1. The van der Waals surface area contributed by atoms with Crippen LogP contribution in [0, 0.1) is 23.0 Å². The minimum absolute atomic E-state index is 0.0207. The van der Waals surface area contributed by atoms with Crippen molar-refractivity contribution in [3.8, 4) is 0 Å². The Morgan fingerprint density at radius 2 is 1.79 bits per heavy atom. The van der Waals surface area contributed by atoms with Crippen molar-refractivity contribution in [2.24, 2.45) is 11.3 Å². The van der Waals surface area contributed by atoms with E-state index in [1.807, 2.05) is 0 Å². The second-order valence-electron chi connectivity index (χ2n) is 9.77. The first-order valence-corrected chi connectivity index (χ1v) is 13.2. The van der Waals surface area contributed by atoms with Gasteiger partial charge in [-0.2, -0.15) is 0 Å². The lowest BCUT2D eigenvalue weighted by atomic mass is 9.81. The summed E-state index contributed by atoms with van der Waals surface area (Å²) < 4.78 is 58.3. The summed E-state index contributed by atoms with van der Waals surface area (Å²) in [5, 5.41) is 2.78. The highest BCUT2D eigenvalue weighted by Gasteiger charge is 2.50. The lowest BCUT2D eigenvalue weighted by molar-refractivity contribution is -0.127. The lowest BCUT2D eigenvalue weighted by Gasteiger charge is -2.47. The van der Waals surface area contributed by atoms with Crippen LogP contribution in [-0.2, 0) is 19.4 Å². The van der Waals surface area contributed by atoms with Gasteiger partial charge in [0.15, 0.2) is 21.5 Å². The Kier molecular flexibility index (Phi) is 5.49. The van der Waals surface area contributed by atoms with Crippen LogP contribution in [0.15, 0.2) is 12.1 Å². The van der Waals surface area contributed by atoms with Crippen molar-refractivity contribution in [1.82, 2.24) is 5.32 Å². The molecule has 1 aromatic rings. The molecule has 4 aliphatic rings. The topological polar surface area (TPSA) is 96.0 Å². The molecule has 180 valence electrons. The number of nitrogens with zero attached hydrogens (tertiary/aromatic N) is 2. The molecular weight excluding hydrogens is 456 g/mol. The van der Waals surface area contributed by atoms with Crippen molar-refractivity contribution in [2.75, 3.05) is 47.5 Å². The maximum atomic E-state index is 15.0. The number of ether oxygens (including phenoxy) is 1. The number of hydrogen-bond acceptors (Lipinski definition) is 6. The molecule has 1 saturated carbocycles. The summed E-state index contributed by atoms with van der Waals surface area (Å²) in [4.78, 5) is 27.0. The summed E-state index contributed by atoms with van der Waals surface area (Å²) in [5.41, 5.74) is -0.359. The fourth-order valence-electron chi connectivity index (χ4n) is 5.26. The molecule has 3 saturated heterocycles. The van der Waals surface area contributed by atoms with E-state index in [1.165, 1.54) is 4.90 Å². The van der Waals surface area contributed by atoms with Gasteiger partial charge < -0.3 is 15.0 Å². The first-order chi connectivity index (χ1) is 15.6. The van der Waals surface area contributed by atoms with Gasteiger partial charge in [-0.3, -0.25) is 9.69 Å². The number of carbonyl (C=O) groups is 2. The maximum Gasteiger partial charge on any atom is 0.414 e. The van der Waals surface area contributed by atoms with Gasteiger partial charge in [0.2, 0.25) is 5.91 Å². The summed E-state index contributed by atoms with van der Waals surface area (Å²) in [6.07, 6.45) is 2.60. The molecular formula is C22H27F2N3O5S. The average Bonchev–Trinajstić information content (AvgIpc) is 3.05. The highest BCUT2D eigenvalue weighted by atomic mass is 32.2. The van der Waals surface area contributed by atoms with E-state index in [4.69, 9.17) is 4.74 Å². The summed E-state index contributed by atoms with van der Waals surface area (Å²) >= 11 is 0. The van der Waals surface area contributed by atoms with Crippen molar-refractivity contribution in [1.29, 1.82) is 0 Å². The van der Waals surface area contributed by atoms with Crippen LogP contribution in [0.5, 0.6) is 0 Å². The van der Waals surface area contributed by atoms with Crippen molar-refractivity contribution in [3.63, 3.8) is 0 Å². The minimum Gasteiger partial charge on any atom is -0.442 e. The van der Waals surface area contributed by atoms with Crippen LogP contribution in [-0.4, -0.2) is 64.2 Å². The quantitative estimate of drug-likeness (QED) is 0.690. The van der Waals surface area contributed by atoms with E-state index >= 15 is 0 Å². The molecule has 1 aromatic carbocycles. The number of nitrogens with one attached hydrogen (secondary N) is 1. The summed E-state index contributed by atoms with van der Waals surface area (Å²) in [5.74, 6) is -1.30. The van der Waals surface area contributed by atoms with Gasteiger partial charge in [0.1, 0.15) is 11.8 Å². The zero-order valence-corrected chi connectivity index (χ0v) is 19.0. The van der Waals surface area contributed by atoms with Crippen molar-refractivity contribution < 1.29 is 31.5 Å². The summed E-state index contributed by atoms with van der Waals surface area (Å²) in [6, 6.07) is 2.24. The number of carbonyl (C=O) groups excluding carboxylic acids is 2. The van der Waals surface area contributed by atoms with Crippen LogP contribution in [0.25, 0.3) is 0 Å². The van der Waals surface area contributed by atoms with Crippen LogP contribution in [0.4, 0.5) is 25.0 Å². The van der Waals surface area contributed by atoms with E-state index in [0.717, 1.165) is 31.4 Å². The van der Waals surface area contributed by atoms with Gasteiger partial charge >= 0.3 is 6.09 Å². The van der Waals surface area contributed by atoms with Crippen LogP contribution in [0.3, 0.4) is 0 Å². The second kappa shape index (κ2) is 8.11. The Balaban J connectivity index is 1.22. The van der Waals surface area contributed by atoms with Crippen molar-refractivity contribution >= 4 is 33.2 Å². The Labute approximate surface area is 191 Å². The van der Waals surface area contributed by atoms with E-state index in [2.05, 4.69) is 5.32 Å². The zero-order chi connectivity index (χ0) is 23.4. The van der Waals surface area contributed by atoms with Gasteiger partial charge in [-0.1, -0.05) is 6.42 Å². The first kappa shape index (κ1) is 22.4. The Bertz CT molecular complexity index is 1050. The van der Waals surface area contributed by atoms with Crippen LogP contribution >= 0.6 is 0 Å². The predicted molar refractivity (Wildman–Crippen MR) is 117 cm³/mol. The molecule has 1 aliphatic carbocycles. The Morgan fingerprint density at radius 1 is 1.15 bits per heavy atom. The third-order valence-electron chi connectivity index (χ3n) is 7.36. The number of sulfone groups is 1. The summed E-state index contributed by atoms with van der Waals surface area (Å²) in [6.45, 7) is 0.989. The minimum atomic E-state index is -2.96. The fourth-order valence-corrected chi connectivity index (χ4v) is 7.62. The number of piperidine rings is 1. The second-order valence-corrected chi connectivity index (χ2v) is 11.8. The number of rotatable bonds is 5. The molecule has 1 atom stereocenters. The SMILES string of the molecule is O=C(NC[C@H]1CN(c2cc(F)c(N3CCC4(CC3)CS(=O)(=O)C4)c(F)c2)C(=O)O1)C1CCC1. The summed E-state index contributed by atoms with van der Waals surface area (Å²) in [7, 11) is -2.96. The van der Waals surface area contributed by atoms with Crippen LogP contribution in [0.2, 0.25) is 0 Å². The Hall–Kier alpha value is -2.43. The monoisotopic (exact) mass is 483 g/mol. The number of amides is 2. The molecule has 11 heteroatoms. The zero-order valence-electron chi connectivity index (χ0n) is 18.2. The van der Waals surface area contributed by atoms with Crippen LogP contribution < -0.4 is 15.1 Å². The molecule has 1 N–H and O–H groups in total. The Morgan fingerprint density at radius 3 is 2.33 bits per heavy atom. The van der Waals surface area contributed by atoms with E-state index in [1.54, 1.807) is 4.90 Å². The molecule has 4 fully saturated rings. The van der Waals surface area contributed by atoms with Gasteiger partial charge in [-0.05, 0) is 25.7 Å². The fraction of sp³-hybridized carbons (Fsp3) is 0.636. The molecule has 0 aromatic heterocycles. The number of anilines is 2. The largest absolute Gasteiger partial charge is 0.442 e. The third-order valence-corrected chi connectivity index (χ3v) is 9.46. The predicted octanol–water partition coefficient (Wildman–Crippen LogP) is 2.22. The first-order valence-electron chi connectivity index (χ1n) is 11.4. The lowest BCUT2D eigenvalue weighted by Crippen LogP contribution is -2.54. The smallest absolute Gasteiger partial charge is 0.414 e. The molecule has 33 heavy (non-hydrogen) atoms. The normalized spacial score (nSPS) is 26.0.